The first-order chi connectivity index (χ1) is 6.06. The molecule has 13 heavy (non-hydrogen) atoms. The first-order valence-electron chi connectivity index (χ1n) is 4.19. The molecule has 1 rings (SSSR count). The molecule has 4 nitrogen and oxygen atoms in total. The summed E-state index contributed by atoms with van der Waals surface area (Å²) in [5.74, 6) is -1.88. The third-order valence-corrected chi connectivity index (χ3v) is 2.40. The van der Waals surface area contributed by atoms with Crippen LogP contribution in [0.3, 0.4) is 0 Å². The zero-order chi connectivity index (χ0) is 10.0. The second-order valence-electron chi connectivity index (χ2n) is 3.28. The van der Waals surface area contributed by atoms with Gasteiger partial charge >= 0.3 is 5.97 Å². The average Bonchev–Trinajstić information content (AvgIpc) is 2.12. The fraction of sp³-hybridized carbons (Fsp3) is 0.667. The van der Waals surface area contributed by atoms with E-state index < -0.39 is 17.8 Å². The van der Waals surface area contributed by atoms with Gasteiger partial charge in [0.1, 0.15) is 11.6 Å². The van der Waals surface area contributed by atoms with Crippen LogP contribution in [0.25, 0.3) is 0 Å². The van der Waals surface area contributed by atoms with Gasteiger partial charge in [-0.05, 0) is 6.92 Å². The molecule has 0 aromatic rings. The summed E-state index contributed by atoms with van der Waals surface area (Å²) in [6, 6.07) is 0. The van der Waals surface area contributed by atoms with Crippen LogP contribution in [0.2, 0.25) is 0 Å². The molecule has 4 heteroatoms. The molecule has 0 radical (unpaired) electrons. The van der Waals surface area contributed by atoms with Gasteiger partial charge in [-0.1, -0.05) is 0 Å². The van der Waals surface area contributed by atoms with Gasteiger partial charge in [0.05, 0.1) is 18.9 Å². The first-order valence-corrected chi connectivity index (χ1v) is 4.19. The van der Waals surface area contributed by atoms with Crippen molar-refractivity contribution in [2.45, 2.75) is 19.8 Å². The van der Waals surface area contributed by atoms with Crippen molar-refractivity contribution in [3.8, 4) is 0 Å². The van der Waals surface area contributed by atoms with Gasteiger partial charge < -0.3 is 4.74 Å². The van der Waals surface area contributed by atoms with Crippen LogP contribution in [0.5, 0.6) is 0 Å². The number of hydrogen-bond acceptors (Lipinski definition) is 4. The summed E-state index contributed by atoms with van der Waals surface area (Å²) >= 11 is 0. The van der Waals surface area contributed by atoms with E-state index in [0.29, 0.717) is 0 Å². The molecular formula is C9H12O4. The minimum Gasteiger partial charge on any atom is -0.469 e. The van der Waals surface area contributed by atoms with Crippen molar-refractivity contribution in [2.75, 3.05) is 7.11 Å². The number of Topliss-reactive ketones (excluding diaryl/α,β-unsaturated/α-hetero) is 2. The van der Waals surface area contributed by atoms with Gasteiger partial charge in [0.15, 0.2) is 0 Å². The van der Waals surface area contributed by atoms with Crippen LogP contribution >= 0.6 is 0 Å². The van der Waals surface area contributed by atoms with Crippen molar-refractivity contribution in [3.05, 3.63) is 0 Å². The fourth-order valence-corrected chi connectivity index (χ4v) is 1.42. The molecule has 0 aliphatic heterocycles. The highest BCUT2D eigenvalue weighted by Gasteiger charge is 2.36. The summed E-state index contributed by atoms with van der Waals surface area (Å²) in [5, 5.41) is 0. The van der Waals surface area contributed by atoms with Crippen LogP contribution < -0.4 is 0 Å². The molecule has 1 fully saturated rings. The van der Waals surface area contributed by atoms with Gasteiger partial charge in [-0.2, -0.15) is 0 Å². The van der Waals surface area contributed by atoms with E-state index in [9.17, 15) is 14.4 Å². The van der Waals surface area contributed by atoms with E-state index in [2.05, 4.69) is 4.74 Å². The molecule has 0 aromatic heterocycles. The summed E-state index contributed by atoms with van der Waals surface area (Å²) in [5.41, 5.74) is 0. The minimum atomic E-state index is -0.554. The second-order valence-corrected chi connectivity index (χ2v) is 3.28. The number of ketones is 2. The molecule has 0 spiro atoms. The Morgan fingerprint density at radius 2 is 1.77 bits per heavy atom. The molecule has 1 aliphatic rings. The summed E-state index contributed by atoms with van der Waals surface area (Å²) < 4.78 is 4.48. The Bertz CT molecular complexity index is 238. The maximum atomic E-state index is 11.2. The second kappa shape index (κ2) is 3.68. The number of ether oxygens (including phenoxy) is 1. The molecule has 0 heterocycles. The molecule has 0 N–H and O–H groups in total. The Kier molecular flexibility index (Phi) is 2.80. The smallest absolute Gasteiger partial charge is 0.309 e. The quantitative estimate of drug-likeness (QED) is 0.435. The highest BCUT2D eigenvalue weighted by atomic mass is 16.5. The summed E-state index contributed by atoms with van der Waals surface area (Å²) in [6.45, 7) is 1.58. The monoisotopic (exact) mass is 184 g/mol. The first kappa shape index (κ1) is 9.89. The van der Waals surface area contributed by atoms with E-state index in [1.54, 1.807) is 6.92 Å². The molecule has 0 bridgehead atoms. The Morgan fingerprint density at radius 1 is 1.31 bits per heavy atom. The van der Waals surface area contributed by atoms with E-state index in [-0.39, 0.29) is 24.4 Å². The lowest BCUT2D eigenvalue weighted by Gasteiger charge is -2.21. The number of esters is 1. The molecule has 72 valence electrons. The number of hydrogen-bond donors (Lipinski definition) is 0. The van der Waals surface area contributed by atoms with E-state index in [4.69, 9.17) is 0 Å². The topological polar surface area (TPSA) is 60.4 Å². The van der Waals surface area contributed by atoms with Crippen molar-refractivity contribution >= 4 is 17.5 Å². The predicted molar refractivity (Wildman–Crippen MR) is 43.9 cm³/mol. The molecule has 1 aliphatic carbocycles. The highest BCUT2D eigenvalue weighted by molar-refractivity contribution is 6.06. The van der Waals surface area contributed by atoms with Crippen LogP contribution in [0.4, 0.5) is 0 Å². The molecule has 0 atom stereocenters. The van der Waals surface area contributed by atoms with E-state index in [1.807, 2.05) is 0 Å². The van der Waals surface area contributed by atoms with Gasteiger partial charge in [0.25, 0.3) is 0 Å². The largest absolute Gasteiger partial charge is 0.469 e. The Balaban J connectivity index is 2.69. The van der Waals surface area contributed by atoms with Crippen LogP contribution in [-0.2, 0) is 19.1 Å². The molecule has 0 unspecified atom stereocenters. The fourth-order valence-electron chi connectivity index (χ4n) is 1.42. The average molecular weight is 184 g/mol. The maximum absolute atomic E-state index is 11.2. The lowest BCUT2D eigenvalue weighted by atomic mass is 9.81. The summed E-state index contributed by atoms with van der Waals surface area (Å²) in [4.78, 5) is 33.5. The molecule has 0 amide bonds. The van der Waals surface area contributed by atoms with Crippen LogP contribution in [0, 0.1) is 11.8 Å². The van der Waals surface area contributed by atoms with Crippen molar-refractivity contribution in [3.63, 3.8) is 0 Å². The van der Waals surface area contributed by atoms with Crippen LogP contribution in [0.1, 0.15) is 19.8 Å². The Labute approximate surface area is 76.3 Å². The van der Waals surface area contributed by atoms with Crippen molar-refractivity contribution in [2.24, 2.45) is 11.8 Å². The van der Waals surface area contributed by atoms with Crippen LogP contribution in [-0.4, -0.2) is 24.6 Å². The lowest BCUT2D eigenvalue weighted by molar-refractivity contribution is -0.152. The van der Waals surface area contributed by atoms with Gasteiger partial charge in [-0.15, -0.1) is 0 Å². The SMILES string of the molecule is COC(=O)C1CC(=O)C(C)C(=O)C1. The number of carbonyl (C=O) groups is 3. The zero-order valence-corrected chi connectivity index (χ0v) is 7.70. The molecule has 0 aromatic carbocycles. The van der Waals surface area contributed by atoms with Gasteiger partial charge in [0.2, 0.25) is 0 Å². The van der Waals surface area contributed by atoms with Gasteiger partial charge in [-0.25, -0.2) is 0 Å². The minimum absolute atomic E-state index is 0.138. The standard InChI is InChI=1S/C9H12O4/c1-5-7(10)3-6(4-8(5)11)9(12)13-2/h5-6H,3-4H2,1-2H3. The molecule has 0 saturated heterocycles. The Hall–Kier alpha value is -1.19. The van der Waals surface area contributed by atoms with E-state index >= 15 is 0 Å². The van der Waals surface area contributed by atoms with Crippen LogP contribution in [0.15, 0.2) is 0 Å². The van der Waals surface area contributed by atoms with E-state index in [0.717, 1.165) is 0 Å². The highest BCUT2D eigenvalue weighted by Crippen LogP contribution is 2.23. The Morgan fingerprint density at radius 3 is 2.15 bits per heavy atom. The van der Waals surface area contributed by atoms with Crippen molar-refractivity contribution < 1.29 is 19.1 Å². The summed E-state index contributed by atoms with van der Waals surface area (Å²) in [7, 11) is 1.26. The van der Waals surface area contributed by atoms with Gasteiger partial charge in [-0.3, -0.25) is 14.4 Å². The zero-order valence-electron chi connectivity index (χ0n) is 7.70. The van der Waals surface area contributed by atoms with Gasteiger partial charge in [0, 0.05) is 12.8 Å². The molecule has 1 saturated carbocycles. The predicted octanol–water partition coefficient (Wildman–Crippen LogP) is 0.344. The van der Waals surface area contributed by atoms with E-state index in [1.165, 1.54) is 7.11 Å². The number of methoxy groups -OCH3 is 1. The maximum Gasteiger partial charge on any atom is 0.309 e. The number of carbonyl (C=O) groups excluding carboxylic acids is 3. The normalized spacial score (nSPS) is 28.8. The molecular weight excluding hydrogens is 172 g/mol. The van der Waals surface area contributed by atoms with Crippen molar-refractivity contribution in [1.29, 1.82) is 0 Å². The third kappa shape index (κ3) is 1.94. The third-order valence-electron chi connectivity index (χ3n) is 2.40. The summed E-state index contributed by atoms with van der Waals surface area (Å²) in [6.07, 6.45) is 0.277. The number of rotatable bonds is 1. The van der Waals surface area contributed by atoms with Crippen molar-refractivity contribution in [1.82, 2.24) is 0 Å². The lowest BCUT2D eigenvalue weighted by Crippen LogP contribution is -2.35.